The average molecular weight is 380 g/mol. The average Bonchev–Trinajstić information content (AvgIpc) is 3.10. The van der Waals surface area contributed by atoms with E-state index in [4.69, 9.17) is 9.84 Å². The number of hydrogen-bond acceptors (Lipinski definition) is 3. The van der Waals surface area contributed by atoms with Gasteiger partial charge in [-0.1, -0.05) is 30.3 Å². The molecule has 28 heavy (non-hydrogen) atoms. The molecule has 1 aromatic heterocycles. The SMILES string of the molecule is CN(Cc1ccc(OCC(=O)O)cc1)C(=O)CCCc1c[nH]c2ccccc12. The number of rotatable bonds is 9. The van der Waals surface area contributed by atoms with Crippen LogP contribution < -0.4 is 4.74 Å². The lowest BCUT2D eigenvalue weighted by atomic mass is 10.1. The molecule has 0 radical (unpaired) electrons. The van der Waals surface area contributed by atoms with Crippen LogP contribution in [0.1, 0.15) is 24.0 Å². The Hall–Kier alpha value is -3.28. The molecule has 0 aliphatic carbocycles. The van der Waals surface area contributed by atoms with Gasteiger partial charge in [-0.05, 0) is 42.2 Å². The number of fused-ring (bicyclic) bond motifs is 1. The first-order chi connectivity index (χ1) is 13.5. The molecule has 0 unspecified atom stereocenters. The van der Waals surface area contributed by atoms with Gasteiger partial charge in [0.05, 0.1) is 0 Å². The van der Waals surface area contributed by atoms with Crippen LogP contribution in [0.2, 0.25) is 0 Å². The van der Waals surface area contributed by atoms with Crippen molar-refractivity contribution in [3.8, 4) is 5.75 Å². The summed E-state index contributed by atoms with van der Waals surface area (Å²) >= 11 is 0. The zero-order valence-corrected chi connectivity index (χ0v) is 15.9. The summed E-state index contributed by atoms with van der Waals surface area (Å²) in [4.78, 5) is 27.9. The molecule has 0 saturated heterocycles. The van der Waals surface area contributed by atoms with Crippen molar-refractivity contribution >= 4 is 22.8 Å². The lowest BCUT2D eigenvalue weighted by Crippen LogP contribution is -2.25. The highest BCUT2D eigenvalue weighted by molar-refractivity contribution is 5.83. The molecule has 3 rings (SSSR count). The summed E-state index contributed by atoms with van der Waals surface area (Å²) in [6, 6.07) is 15.3. The van der Waals surface area contributed by atoms with Crippen molar-refractivity contribution in [2.75, 3.05) is 13.7 Å². The fraction of sp³-hybridized carbons (Fsp3) is 0.273. The highest BCUT2D eigenvalue weighted by Crippen LogP contribution is 2.20. The maximum absolute atomic E-state index is 12.4. The van der Waals surface area contributed by atoms with E-state index in [9.17, 15) is 9.59 Å². The first-order valence-electron chi connectivity index (χ1n) is 9.25. The van der Waals surface area contributed by atoms with Gasteiger partial charge in [-0.15, -0.1) is 0 Å². The molecule has 0 atom stereocenters. The summed E-state index contributed by atoms with van der Waals surface area (Å²) in [5.41, 5.74) is 3.33. The molecular formula is C22H24N2O4. The van der Waals surface area contributed by atoms with E-state index < -0.39 is 5.97 Å². The van der Waals surface area contributed by atoms with E-state index in [1.807, 2.05) is 30.5 Å². The van der Waals surface area contributed by atoms with Gasteiger partial charge in [0, 0.05) is 37.1 Å². The van der Waals surface area contributed by atoms with Crippen molar-refractivity contribution in [3.05, 3.63) is 65.9 Å². The highest BCUT2D eigenvalue weighted by atomic mass is 16.5. The van der Waals surface area contributed by atoms with Crippen molar-refractivity contribution in [2.24, 2.45) is 0 Å². The smallest absolute Gasteiger partial charge is 0.341 e. The molecule has 0 aliphatic rings. The quantitative estimate of drug-likeness (QED) is 0.594. The summed E-state index contributed by atoms with van der Waals surface area (Å²) in [5, 5.41) is 9.84. The van der Waals surface area contributed by atoms with Gasteiger partial charge in [-0.3, -0.25) is 4.79 Å². The molecule has 3 aromatic rings. The Morgan fingerprint density at radius 1 is 1.11 bits per heavy atom. The number of aromatic nitrogens is 1. The second kappa shape index (κ2) is 9.08. The van der Waals surface area contributed by atoms with E-state index in [1.54, 1.807) is 24.1 Å². The van der Waals surface area contributed by atoms with Crippen LogP contribution in [0.3, 0.4) is 0 Å². The van der Waals surface area contributed by atoms with E-state index in [0.29, 0.717) is 18.7 Å². The van der Waals surface area contributed by atoms with Gasteiger partial charge >= 0.3 is 5.97 Å². The third kappa shape index (κ3) is 5.13. The minimum Gasteiger partial charge on any atom is -0.482 e. The Balaban J connectivity index is 1.46. The van der Waals surface area contributed by atoms with Crippen LogP contribution in [-0.2, 0) is 22.6 Å². The predicted octanol–water partition coefficient (Wildman–Crippen LogP) is 3.61. The normalized spacial score (nSPS) is 10.8. The molecule has 2 aromatic carbocycles. The number of benzene rings is 2. The van der Waals surface area contributed by atoms with Crippen LogP contribution in [0, 0.1) is 0 Å². The number of carboxylic acids is 1. The summed E-state index contributed by atoms with van der Waals surface area (Å²) in [6.45, 7) is 0.138. The van der Waals surface area contributed by atoms with Gasteiger partial charge in [0.1, 0.15) is 5.75 Å². The number of nitrogens with one attached hydrogen (secondary N) is 1. The number of aromatic amines is 1. The van der Waals surface area contributed by atoms with Crippen LogP contribution in [-0.4, -0.2) is 40.5 Å². The van der Waals surface area contributed by atoms with Crippen molar-refractivity contribution in [3.63, 3.8) is 0 Å². The minimum atomic E-state index is -1.01. The van der Waals surface area contributed by atoms with Crippen molar-refractivity contribution in [1.82, 2.24) is 9.88 Å². The van der Waals surface area contributed by atoms with Crippen LogP contribution >= 0.6 is 0 Å². The Morgan fingerprint density at radius 2 is 1.86 bits per heavy atom. The van der Waals surface area contributed by atoms with Gasteiger partial charge in [-0.25, -0.2) is 4.79 Å². The highest BCUT2D eigenvalue weighted by Gasteiger charge is 2.10. The minimum absolute atomic E-state index is 0.103. The molecule has 6 heteroatoms. The Bertz CT molecular complexity index is 947. The second-order valence-corrected chi connectivity index (χ2v) is 6.79. The fourth-order valence-electron chi connectivity index (χ4n) is 3.16. The number of carboxylic acid groups (broad SMARTS) is 1. The predicted molar refractivity (Wildman–Crippen MR) is 107 cm³/mol. The number of H-pyrrole nitrogens is 1. The zero-order valence-electron chi connectivity index (χ0n) is 15.9. The van der Waals surface area contributed by atoms with Crippen LogP contribution in [0.25, 0.3) is 10.9 Å². The Kier molecular flexibility index (Phi) is 6.32. The fourth-order valence-corrected chi connectivity index (χ4v) is 3.16. The number of carbonyl (C=O) groups excluding carboxylic acids is 1. The summed E-state index contributed by atoms with van der Waals surface area (Å²) in [6.07, 6.45) is 4.18. The molecule has 2 N–H and O–H groups in total. The number of carbonyl (C=O) groups is 2. The Morgan fingerprint density at radius 3 is 2.61 bits per heavy atom. The topological polar surface area (TPSA) is 82.6 Å². The number of hydrogen-bond donors (Lipinski definition) is 2. The number of aryl methyl sites for hydroxylation is 1. The van der Waals surface area contributed by atoms with Crippen LogP contribution in [0.4, 0.5) is 0 Å². The third-order valence-corrected chi connectivity index (χ3v) is 4.64. The first-order valence-corrected chi connectivity index (χ1v) is 9.25. The van der Waals surface area contributed by atoms with E-state index in [2.05, 4.69) is 17.1 Å². The van der Waals surface area contributed by atoms with E-state index >= 15 is 0 Å². The molecule has 1 heterocycles. The third-order valence-electron chi connectivity index (χ3n) is 4.64. The summed E-state index contributed by atoms with van der Waals surface area (Å²) in [5.74, 6) is -0.410. The summed E-state index contributed by atoms with van der Waals surface area (Å²) in [7, 11) is 1.79. The number of ether oxygens (including phenoxy) is 1. The monoisotopic (exact) mass is 380 g/mol. The number of nitrogens with zero attached hydrogens (tertiary/aromatic N) is 1. The Labute approximate surface area is 163 Å². The number of para-hydroxylation sites is 1. The largest absolute Gasteiger partial charge is 0.482 e. The number of aliphatic carboxylic acids is 1. The molecule has 1 amide bonds. The lowest BCUT2D eigenvalue weighted by molar-refractivity contribution is -0.139. The molecule has 0 fully saturated rings. The van der Waals surface area contributed by atoms with Crippen LogP contribution in [0.5, 0.6) is 5.75 Å². The van der Waals surface area contributed by atoms with Crippen molar-refractivity contribution < 1.29 is 19.4 Å². The summed E-state index contributed by atoms with van der Waals surface area (Å²) < 4.78 is 5.11. The molecule has 0 aliphatic heterocycles. The first kappa shape index (κ1) is 19.5. The van der Waals surface area contributed by atoms with Crippen molar-refractivity contribution in [1.29, 1.82) is 0 Å². The van der Waals surface area contributed by atoms with Crippen LogP contribution in [0.15, 0.2) is 54.7 Å². The molecule has 146 valence electrons. The van der Waals surface area contributed by atoms with E-state index in [0.717, 1.165) is 23.9 Å². The maximum atomic E-state index is 12.4. The molecule has 6 nitrogen and oxygen atoms in total. The van der Waals surface area contributed by atoms with Crippen molar-refractivity contribution in [2.45, 2.75) is 25.8 Å². The van der Waals surface area contributed by atoms with E-state index in [1.165, 1.54) is 10.9 Å². The second-order valence-electron chi connectivity index (χ2n) is 6.79. The van der Waals surface area contributed by atoms with Gasteiger partial charge in [0.15, 0.2) is 6.61 Å². The van der Waals surface area contributed by atoms with Gasteiger partial charge in [0.2, 0.25) is 5.91 Å². The van der Waals surface area contributed by atoms with Gasteiger partial charge in [-0.2, -0.15) is 0 Å². The zero-order chi connectivity index (χ0) is 19.9. The van der Waals surface area contributed by atoms with Gasteiger partial charge < -0.3 is 19.7 Å². The lowest BCUT2D eigenvalue weighted by Gasteiger charge is -2.17. The van der Waals surface area contributed by atoms with E-state index in [-0.39, 0.29) is 12.5 Å². The number of amides is 1. The molecule has 0 saturated carbocycles. The van der Waals surface area contributed by atoms with Gasteiger partial charge in [0.25, 0.3) is 0 Å². The molecular weight excluding hydrogens is 356 g/mol. The molecule has 0 bridgehead atoms. The maximum Gasteiger partial charge on any atom is 0.341 e. The molecule has 0 spiro atoms. The standard InChI is InChI=1S/C22H24N2O4/c1-24(14-16-9-11-18(12-10-16)28-15-22(26)27)21(25)8-4-5-17-13-23-20-7-3-2-6-19(17)20/h2-3,6-7,9-13,23H,4-5,8,14-15H2,1H3,(H,26,27).